The van der Waals surface area contributed by atoms with E-state index in [0.29, 0.717) is 6.04 Å². The summed E-state index contributed by atoms with van der Waals surface area (Å²) in [7, 11) is 0. The Bertz CT molecular complexity index is 254. The maximum Gasteiger partial charge on any atom is 0.0825 e. The summed E-state index contributed by atoms with van der Waals surface area (Å²) in [5, 5.41) is 10.6. The summed E-state index contributed by atoms with van der Waals surface area (Å²) in [4.78, 5) is 0. The van der Waals surface area contributed by atoms with Crippen LogP contribution in [0.1, 0.15) is 30.7 Å². The van der Waals surface area contributed by atoms with E-state index in [1.165, 1.54) is 24.9 Å². The molecule has 1 aliphatic carbocycles. The van der Waals surface area contributed by atoms with Crippen LogP contribution >= 0.6 is 0 Å². The highest BCUT2D eigenvalue weighted by Gasteiger charge is 2.19. The first-order chi connectivity index (χ1) is 5.77. The van der Waals surface area contributed by atoms with Crippen molar-refractivity contribution in [3.8, 4) is 0 Å². The molecule has 1 heterocycles. The van der Waals surface area contributed by atoms with Crippen LogP contribution in [0.3, 0.4) is 0 Å². The van der Waals surface area contributed by atoms with Gasteiger partial charge in [0.15, 0.2) is 0 Å². The maximum absolute atomic E-state index is 4.14. The Morgan fingerprint density at radius 2 is 2.17 bits per heavy atom. The summed E-state index contributed by atoms with van der Waals surface area (Å²) in [5.74, 6) is 0. The number of aryl methyl sites for hydroxylation is 2. The van der Waals surface area contributed by atoms with Gasteiger partial charge in [-0.15, -0.1) is 0 Å². The van der Waals surface area contributed by atoms with Crippen molar-refractivity contribution in [1.29, 1.82) is 0 Å². The van der Waals surface area contributed by atoms with Gasteiger partial charge in [-0.05, 0) is 33.1 Å². The molecule has 1 fully saturated rings. The molecule has 0 amide bonds. The Morgan fingerprint density at radius 1 is 1.42 bits per heavy atom. The van der Waals surface area contributed by atoms with Crippen LogP contribution in [-0.2, 0) is 0 Å². The molecule has 1 aromatic heterocycles. The summed E-state index contributed by atoms with van der Waals surface area (Å²) in [6.45, 7) is 4.09. The fourth-order valence-corrected chi connectivity index (χ4v) is 1.52. The van der Waals surface area contributed by atoms with Gasteiger partial charge in [-0.3, -0.25) is 5.10 Å². The molecule has 2 N–H and O–H groups in total. The van der Waals surface area contributed by atoms with Crippen LogP contribution in [0.2, 0.25) is 0 Å². The van der Waals surface area contributed by atoms with Gasteiger partial charge in [0.1, 0.15) is 0 Å². The molecule has 1 aromatic rings. The minimum absolute atomic E-state index is 0.694. The average molecular weight is 165 g/mol. The Labute approximate surface area is 72.6 Å². The van der Waals surface area contributed by atoms with Crippen LogP contribution < -0.4 is 5.32 Å². The van der Waals surface area contributed by atoms with Gasteiger partial charge in [-0.25, -0.2) is 0 Å². The third-order valence-corrected chi connectivity index (χ3v) is 2.58. The minimum Gasteiger partial charge on any atom is -0.379 e. The molecule has 0 radical (unpaired) electrons. The van der Waals surface area contributed by atoms with Crippen LogP contribution in [0, 0.1) is 13.8 Å². The summed E-state index contributed by atoms with van der Waals surface area (Å²) in [5.41, 5.74) is 3.44. The summed E-state index contributed by atoms with van der Waals surface area (Å²) < 4.78 is 0. The lowest BCUT2D eigenvalue weighted by Crippen LogP contribution is -2.27. The third kappa shape index (κ3) is 1.19. The van der Waals surface area contributed by atoms with Gasteiger partial charge in [0.2, 0.25) is 0 Å². The normalized spacial score (nSPS) is 17.5. The van der Waals surface area contributed by atoms with Gasteiger partial charge in [0.25, 0.3) is 0 Å². The number of H-pyrrole nitrogens is 1. The quantitative estimate of drug-likeness (QED) is 0.703. The minimum atomic E-state index is 0.694. The van der Waals surface area contributed by atoms with Gasteiger partial charge in [0, 0.05) is 6.04 Å². The van der Waals surface area contributed by atoms with E-state index in [2.05, 4.69) is 22.4 Å². The van der Waals surface area contributed by atoms with Crippen molar-refractivity contribution in [3.05, 3.63) is 11.4 Å². The first kappa shape index (κ1) is 7.65. The van der Waals surface area contributed by atoms with Gasteiger partial charge in [-0.2, -0.15) is 5.10 Å². The predicted octanol–water partition coefficient (Wildman–Crippen LogP) is 1.99. The highest BCUT2D eigenvalue weighted by molar-refractivity contribution is 5.52. The molecule has 2 rings (SSSR count). The topological polar surface area (TPSA) is 40.7 Å². The van der Waals surface area contributed by atoms with E-state index in [1.54, 1.807) is 0 Å². The second-order valence-corrected chi connectivity index (χ2v) is 3.58. The van der Waals surface area contributed by atoms with Crippen molar-refractivity contribution in [1.82, 2.24) is 10.2 Å². The van der Waals surface area contributed by atoms with E-state index in [4.69, 9.17) is 0 Å². The van der Waals surface area contributed by atoms with Crippen LogP contribution in [-0.4, -0.2) is 16.2 Å². The van der Waals surface area contributed by atoms with E-state index in [0.717, 1.165) is 11.4 Å². The second kappa shape index (κ2) is 2.81. The molecule has 3 heteroatoms. The number of hydrogen-bond donors (Lipinski definition) is 2. The Balaban J connectivity index is 2.10. The van der Waals surface area contributed by atoms with Crippen molar-refractivity contribution >= 4 is 5.69 Å². The molecule has 0 aliphatic heterocycles. The molecule has 12 heavy (non-hydrogen) atoms. The van der Waals surface area contributed by atoms with Crippen LogP contribution in [0.15, 0.2) is 0 Å². The van der Waals surface area contributed by atoms with E-state index >= 15 is 0 Å². The number of anilines is 1. The fraction of sp³-hybridized carbons (Fsp3) is 0.667. The van der Waals surface area contributed by atoms with Crippen LogP contribution in [0.4, 0.5) is 5.69 Å². The zero-order valence-electron chi connectivity index (χ0n) is 7.65. The number of rotatable bonds is 2. The molecular formula is C9H15N3. The first-order valence-electron chi connectivity index (χ1n) is 4.55. The number of aromatic amines is 1. The third-order valence-electron chi connectivity index (χ3n) is 2.58. The molecule has 3 nitrogen and oxygen atoms in total. The highest BCUT2D eigenvalue weighted by Crippen LogP contribution is 2.25. The van der Waals surface area contributed by atoms with Gasteiger partial charge < -0.3 is 5.32 Å². The zero-order chi connectivity index (χ0) is 8.55. The molecule has 0 aromatic carbocycles. The van der Waals surface area contributed by atoms with E-state index in [1.807, 2.05) is 6.92 Å². The maximum atomic E-state index is 4.14. The smallest absolute Gasteiger partial charge is 0.0825 e. The highest BCUT2D eigenvalue weighted by atomic mass is 15.2. The zero-order valence-corrected chi connectivity index (χ0v) is 7.65. The molecular weight excluding hydrogens is 150 g/mol. The molecule has 0 saturated heterocycles. The van der Waals surface area contributed by atoms with Gasteiger partial charge >= 0.3 is 0 Å². The summed E-state index contributed by atoms with van der Waals surface area (Å²) in [6, 6.07) is 0.694. The Hall–Kier alpha value is -0.990. The number of hydrogen-bond acceptors (Lipinski definition) is 2. The van der Waals surface area contributed by atoms with Gasteiger partial charge in [-0.1, -0.05) is 0 Å². The van der Waals surface area contributed by atoms with E-state index in [9.17, 15) is 0 Å². The monoisotopic (exact) mass is 165 g/mol. The number of nitrogens with one attached hydrogen (secondary N) is 2. The number of aromatic nitrogens is 2. The lowest BCUT2D eigenvalue weighted by molar-refractivity contribution is 0.445. The van der Waals surface area contributed by atoms with Crippen LogP contribution in [0.25, 0.3) is 0 Å². The van der Waals surface area contributed by atoms with Crippen LogP contribution in [0.5, 0.6) is 0 Å². The Morgan fingerprint density at radius 3 is 2.58 bits per heavy atom. The SMILES string of the molecule is Cc1n[nH]c(C)c1NC1CCC1. The molecule has 0 bridgehead atoms. The summed E-state index contributed by atoms with van der Waals surface area (Å²) in [6.07, 6.45) is 3.99. The molecule has 66 valence electrons. The fourth-order valence-electron chi connectivity index (χ4n) is 1.52. The van der Waals surface area contributed by atoms with Crippen molar-refractivity contribution in [2.75, 3.05) is 5.32 Å². The van der Waals surface area contributed by atoms with Crippen molar-refractivity contribution in [2.45, 2.75) is 39.2 Å². The molecule has 0 spiro atoms. The molecule has 0 unspecified atom stereocenters. The average Bonchev–Trinajstić information content (AvgIpc) is 2.25. The van der Waals surface area contributed by atoms with E-state index < -0.39 is 0 Å². The largest absolute Gasteiger partial charge is 0.379 e. The number of nitrogens with zero attached hydrogens (tertiary/aromatic N) is 1. The van der Waals surface area contributed by atoms with Crippen molar-refractivity contribution < 1.29 is 0 Å². The lowest BCUT2D eigenvalue weighted by atomic mass is 9.93. The molecule has 1 saturated carbocycles. The second-order valence-electron chi connectivity index (χ2n) is 3.58. The van der Waals surface area contributed by atoms with Crippen molar-refractivity contribution in [2.24, 2.45) is 0 Å². The Kier molecular flexibility index (Phi) is 1.79. The van der Waals surface area contributed by atoms with E-state index in [-0.39, 0.29) is 0 Å². The summed E-state index contributed by atoms with van der Waals surface area (Å²) >= 11 is 0. The first-order valence-corrected chi connectivity index (χ1v) is 4.55. The lowest BCUT2D eigenvalue weighted by Gasteiger charge is -2.27. The van der Waals surface area contributed by atoms with Gasteiger partial charge in [0.05, 0.1) is 17.1 Å². The molecule has 0 atom stereocenters. The van der Waals surface area contributed by atoms with Crippen molar-refractivity contribution in [3.63, 3.8) is 0 Å². The standard InChI is InChI=1S/C9H15N3/c1-6-9(7(2)12-11-6)10-8-4-3-5-8/h8,10H,3-5H2,1-2H3,(H,11,12). The molecule has 1 aliphatic rings. The predicted molar refractivity (Wildman–Crippen MR) is 49.3 cm³/mol.